The smallest absolute Gasteiger partial charge is 0.248 e. The van der Waals surface area contributed by atoms with Crippen LogP contribution < -0.4 is 11.1 Å². The molecule has 0 saturated carbocycles. The van der Waals surface area contributed by atoms with Crippen LogP contribution in [-0.4, -0.2) is 11.1 Å². The van der Waals surface area contributed by atoms with Gasteiger partial charge in [0.15, 0.2) is 5.76 Å². The van der Waals surface area contributed by atoms with Gasteiger partial charge in [0.2, 0.25) is 5.91 Å². The second kappa shape index (κ2) is 5.86. The van der Waals surface area contributed by atoms with Crippen LogP contribution in [0.5, 0.6) is 0 Å². The number of primary amides is 1. The third-order valence-electron chi connectivity index (χ3n) is 2.63. The Labute approximate surface area is 115 Å². The molecule has 3 N–H and O–H groups in total. The molecule has 0 unspecified atom stereocenters. The summed E-state index contributed by atoms with van der Waals surface area (Å²) in [5.41, 5.74) is 7.32. The monoisotopic (exact) mass is 279 g/mol. The lowest BCUT2D eigenvalue weighted by Gasteiger charge is -2.06. The lowest BCUT2D eigenvalue weighted by molar-refractivity contribution is 0.100. The molecule has 5 nitrogen and oxygen atoms in total. The fraction of sp³-hybridized carbons (Fsp3) is 0.231. The first-order valence-corrected chi connectivity index (χ1v) is 6.15. The van der Waals surface area contributed by atoms with Gasteiger partial charge < -0.3 is 15.6 Å². The van der Waals surface area contributed by atoms with Crippen LogP contribution in [0.2, 0.25) is 5.02 Å². The molecule has 0 aliphatic rings. The van der Waals surface area contributed by atoms with E-state index in [0.717, 1.165) is 17.0 Å². The van der Waals surface area contributed by atoms with Crippen molar-refractivity contribution in [1.29, 1.82) is 0 Å². The Morgan fingerprint density at radius 3 is 2.79 bits per heavy atom. The van der Waals surface area contributed by atoms with Crippen molar-refractivity contribution in [3.8, 4) is 0 Å². The number of rotatable bonds is 5. The van der Waals surface area contributed by atoms with Crippen LogP contribution in [0.1, 0.15) is 27.4 Å². The molecule has 1 heterocycles. The average Bonchev–Trinajstić information content (AvgIpc) is 2.77. The van der Waals surface area contributed by atoms with Crippen LogP contribution in [0.3, 0.4) is 0 Å². The molecule has 100 valence electrons. The van der Waals surface area contributed by atoms with Gasteiger partial charge in [0.05, 0.1) is 12.2 Å². The van der Waals surface area contributed by atoms with Gasteiger partial charge in [-0.05, 0) is 24.6 Å². The second-order valence-electron chi connectivity index (χ2n) is 4.21. The van der Waals surface area contributed by atoms with Crippen LogP contribution in [0.4, 0.5) is 0 Å². The molecule has 2 rings (SSSR count). The molecule has 0 aliphatic carbocycles. The summed E-state index contributed by atoms with van der Waals surface area (Å²) in [6, 6.07) is 6.87. The van der Waals surface area contributed by atoms with E-state index in [1.165, 1.54) is 0 Å². The average molecular weight is 280 g/mol. The Bertz CT molecular complexity index is 595. The first-order chi connectivity index (χ1) is 9.06. The number of nitrogens with zero attached hydrogens (tertiary/aromatic N) is 1. The Kier molecular flexibility index (Phi) is 4.19. The van der Waals surface area contributed by atoms with Gasteiger partial charge in [-0.15, -0.1) is 0 Å². The predicted octanol–water partition coefficient (Wildman–Crippen LogP) is 2.03. The van der Waals surface area contributed by atoms with Crippen LogP contribution in [0.15, 0.2) is 28.8 Å². The third kappa shape index (κ3) is 3.56. The molecule has 6 heteroatoms. The minimum absolute atomic E-state index is 0.402. The van der Waals surface area contributed by atoms with Gasteiger partial charge in [-0.25, -0.2) is 0 Å². The van der Waals surface area contributed by atoms with E-state index >= 15 is 0 Å². The number of carbonyl (C=O) groups excluding carboxylic acids is 1. The van der Waals surface area contributed by atoms with E-state index in [1.807, 2.05) is 13.0 Å². The van der Waals surface area contributed by atoms with Gasteiger partial charge in [-0.1, -0.05) is 22.8 Å². The zero-order chi connectivity index (χ0) is 13.8. The molecular formula is C13H14ClN3O2. The Morgan fingerprint density at radius 1 is 1.42 bits per heavy atom. The van der Waals surface area contributed by atoms with E-state index in [9.17, 15) is 4.79 Å². The number of benzene rings is 1. The van der Waals surface area contributed by atoms with Crippen LogP contribution in [-0.2, 0) is 13.1 Å². The molecule has 0 bridgehead atoms. The molecule has 1 aromatic heterocycles. The number of aryl methyl sites for hydroxylation is 1. The number of aromatic nitrogens is 1. The predicted molar refractivity (Wildman–Crippen MR) is 71.8 cm³/mol. The molecule has 0 radical (unpaired) electrons. The number of nitrogens with one attached hydrogen (secondary N) is 1. The van der Waals surface area contributed by atoms with Crippen LogP contribution in [0.25, 0.3) is 0 Å². The summed E-state index contributed by atoms with van der Waals surface area (Å²) in [4.78, 5) is 11.0. The van der Waals surface area contributed by atoms with E-state index in [-0.39, 0.29) is 0 Å². The van der Waals surface area contributed by atoms with Gasteiger partial charge >= 0.3 is 0 Å². The quantitative estimate of drug-likeness (QED) is 0.877. The number of amides is 1. The van der Waals surface area contributed by atoms with Crippen molar-refractivity contribution < 1.29 is 9.32 Å². The van der Waals surface area contributed by atoms with Gasteiger partial charge in [0.25, 0.3) is 0 Å². The molecule has 0 spiro atoms. The largest absolute Gasteiger partial charge is 0.366 e. The standard InChI is InChI=1S/C13H14ClN3O2/c1-8-4-11(19-17-8)7-16-6-10-3-2-9(13(15)18)5-12(10)14/h2-5,16H,6-7H2,1H3,(H2,15,18). The zero-order valence-electron chi connectivity index (χ0n) is 10.4. The third-order valence-corrected chi connectivity index (χ3v) is 2.98. The van der Waals surface area contributed by atoms with Crippen molar-refractivity contribution in [2.45, 2.75) is 20.0 Å². The lowest BCUT2D eigenvalue weighted by Crippen LogP contribution is -2.14. The minimum atomic E-state index is -0.487. The highest BCUT2D eigenvalue weighted by Crippen LogP contribution is 2.17. The maximum absolute atomic E-state index is 11.0. The summed E-state index contributed by atoms with van der Waals surface area (Å²) in [5.74, 6) is 0.279. The molecule has 2 aromatic rings. The van der Waals surface area contributed by atoms with Crippen molar-refractivity contribution in [2.75, 3.05) is 0 Å². The Hall–Kier alpha value is -1.85. The molecule has 0 fully saturated rings. The summed E-state index contributed by atoms with van der Waals surface area (Å²) < 4.78 is 5.08. The highest BCUT2D eigenvalue weighted by atomic mass is 35.5. The number of carbonyl (C=O) groups is 1. The highest BCUT2D eigenvalue weighted by Gasteiger charge is 2.06. The first-order valence-electron chi connectivity index (χ1n) is 5.77. The number of hydrogen-bond donors (Lipinski definition) is 2. The SMILES string of the molecule is Cc1cc(CNCc2ccc(C(N)=O)cc2Cl)on1. The van der Waals surface area contributed by atoms with Crippen LogP contribution in [0, 0.1) is 6.92 Å². The minimum Gasteiger partial charge on any atom is -0.366 e. The normalized spacial score (nSPS) is 10.6. The summed E-state index contributed by atoms with van der Waals surface area (Å²) >= 11 is 6.08. The first kappa shape index (κ1) is 13.6. The van der Waals surface area contributed by atoms with Crippen LogP contribution >= 0.6 is 11.6 Å². The topological polar surface area (TPSA) is 81.1 Å². The van der Waals surface area contributed by atoms with Gasteiger partial charge in [-0.3, -0.25) is 4.79 Å². The lowest BCUT2D eigenvalue weighted by atomic mass is 10.1. The van der Waals surface area contributed by atoms with Gasteiger partial charge in [0.1, 0.15) is 0 Å². The van der Waals surface area contributed by atoms with Gasteiger partial charge in [0, 0.05) is 23.2 Å². The Morgan fingerprint density at radius 2 is 2.21 bits per heavy atom. The molecule has 1 aromatic carbocycles. The van der Waals surface area contributed by atoms with E-state index in [2.05, 4.69) is 10.5 Å². The van der Waals surface area contributed by atoms with Gasteiger partial charge in [-0.2, -0.15) is 0 Å². The second-order valence-corrected chi connectivity index (χ2v) is 4.62. The summed E-state index contributed by atoms with van der Waals surface area (Å²) in [6.07, 6.45) is 0. The molecule has 0 aliphatic heterocycles. The fourth-order valence-electron chi connectivity index (χ4n) is 1.66. The molecule has 0 saturated heterocycles. The number of nitrogens with two attached hydrogens (primary N) is 1. The fourth-order valence-corrected chi connectivity index (χ4v) is 1.91. The van der Waals surface area contributed by atoms with Crippen molar-refractivity contribution in [2.24, 2.45) is 5.73 Å². The Balaban J connectivity index is 1.94. The van der Waals surface area contributed by atoms with E-state index in [4.69, 9.17) is 21.9 Å². The van der Waals surface area contributed by atoms with E-state index in [0.29, 0.717) is 23.7 Å². The summed E-state index contributed by atoms with van der Waals surface area (Å²) in [6.45, 7) is 3.00. The maximum atomic E-state index is 11.0. The van der Waals surface area contributed by atoms with Crippen molar-refractivity contribution in [3.05, 3.63) is 51.9 Å². The molecule has 0 atom stereocenters. The highest BCUT2D eigenvalue weighted by molar-refractivity contribution is 6.31. The van der Waals surface area contributed by atoms with Crippen molar-refractivity contribution in [3.63, 3.8) is 0 Å². The van der Waals surface area contributed by atoms with Crippen molar-refractivity contribution in [1.82, 2.24) is 10.5 Å². The number of hydrogen-bond acceptors (Lipinski definition) is 4. The summed E-state index contributed by atoms with van der Waals surface area (Å²) in [5, 5.41) is 7.50. The molecule has 19 heavy (non-hydrogen) atoms. The van der Waals surface area contributed by atoms with E-state index < -0.39 is 5.91 Å². The molecule has 1 amide bonds. The maximum Gasteiger partial charge on any atom is 0.248 e. The summed E-state index contributed by atoms with van der Waals surface area (Å²) in [7, 11) is 0. The number of halogens is 1. The zero-order valence-corrected chi connectivity index (χ0v) is 11.2. The molecular weight excluding hydrogens is 266 g/mol. The van der Waals surface area contributed by atoms with Crippen molar-refractivity contribution >= 4 is 17.5 Å². The van der Waals surface area contributed by atoms with E-state index in [1.54, 1.807) is 18.2 Å².